The Bertz CT molecular complexity index is 592. The maximum absolute atomic E-state index is 12.5. The van der Waals surface area contributed by atoms with Crippen molar-refractivity contribution in [3.63, 3.8) is 0 Å². The summed E-state index contributed by atoms with van der Waals surface area (Å²) in [5.74, 6) is 0.731. The first-order valence-electron chi connectivity index (χ1n) is 9.54. The Morgan fingerprint density at radius 2 is 1.65 bits per heavy atom. The van der Waals surface area contributed by atoms with Gasteiger partial charge in [0.1, 0.15) is 12.2 Å². The van der Waals surface area contributed by atoms with Gasteiger partial charge >= 0.3 is 0 Å². The molecule has 1 aliphatic rings. The SMILES string of the molecule is CCCN(CCC)C(=O)CC(=O)N1CCN(c2ccccc2OC)CC1. The van der Waals surface area contributed by atoms with Crippen molar-refractivity contribution >= 4 is 17.5 Å². The lowest BCUT2D eigenvalue weighted by Crippen LogP contribution is -2.50. The van der Waals surface area contributed by atoms with Crippen molar-refractivity contribution < 1.29 is 14.3 Å². The lowest BCUT2D eigenvalue weighted by Gasteiger charge is -2.36. The predicted molar refractivity (Wildman–Crippen MR) is 104 cm³/mol. The van der Waals surface area contributed by atoms with Crippen molar-refractivity contribution in [2.24, 2.45) is 0 Å². The number of hydrogen-bond acceptors (Lipinski definition) is 4. The zero-order valence-corrected chi connectivity index (χ0v) is 16.2. The lowest BCUT2D eigenvalue weighted by molar-refractivity contribution is -0.140. The summed E-state index contributed by atoms with van der Waals surface area (Å²) in [6.45, 7) is 8.30. The number of rotatable bonds is 8. The van der Waals surface area contributed by atoms with Crippen LogP contribution in [-0.2, 0) is 9.59 Å². The normalized spacial score (nSPS) is 14.3. The summed E-state index contributed by atoms with van der Waals surface area (Å²) in [7, 11) is 1.67. The Morgan fingerprint density at radius 1 is 1.04 bits per heavy atom. The molecule has 1 saturated heterocycles. The van der Waals surface area contributed by atoms with E-state index in [4.69, 9.17) is 4.74 Å². The maximum atomic E-state index is 12.5. The number of carbonyl (C=O) groups excluding carboxylic acids is 2. The molecule has 0 unspecified atom stereocenters. The van der Waals surface area contributed by atoms with E-state index in [-0.39, 0.29) is 18.2 Å². The molecule has 1 fully saturated rings. The molecule has 0 spiro atoms. The van der Waals surface area contributed by atoms with Crippen molar-refractivity contribution in [2.45, 2.75) is 33.1 Å². The van der Waals surface area contributed by atoms with Crippen molar-refractivity contribution in [3.8, 4) is 5.75 Å². The van der Waals surface area contributed by atoms with E-state index in [2.05, 4.69) is 18.7 Å². The summed E-state index contributed by atoms with van der Waals surface area (Å²) in [4.78, 5) is 30.8. The topological polar surface area (TPSA) is 53.1 Å². The van der Waals surface area contributed by atoms with Crippen molar-refractivity contribution in [1.82, 2.24) is 9.80 Å². The average molecular weight is 361 g/mol. The van der Waals surface area contributed by atoms with Gasteiger partial charge in [-0.05, 0) is 25.0 Å². The molecule has 0 radical (unpaired) electrons. The van der Waals surface area contributed by atoms with Crippen LogP contribution in [0.2, 0.25) is 0 Å². The molecule has 6 heteroatoms. The van der Waals surface area contributed by atoms with Crippen LogP contribution >= 0.6 is 0 Å². The van der Waals surface area contributed by atoms with Crippen LogP contribution in [0.3, 0.4) is 0 Å². The highest BCUT2D eigenvalue weighted by Crippen LogP contribution is 2.28. The number of ether oxygens (including phenoxy) is 1. The smallest absolute Gasteiger partial charge is 0.232 e. The fourth-order valence-electron chi connectivity index (χ4n) is 3.34. The fourth-order valence-corrected chi connectivity index (χ4v) is 3.34. The van der Waals surface area contributed by atoms with Gasteiger partial charge in [-0.2, -0.15) is 0 Å². The van der Waals surface area contributed by atoms with Gasteiger partial charge in [0.2, 0.25) is 11.8 Å². The van der Waals surface area contributed by atoms with Crippen molar-refractivity contribution in [1.29, 1.82) is 0 Å². The van der Waals surface area contributed by atoms with Gasteiger partial charge < -0.3 is 19.4 Å². The van der Waals surface area contributed by atoms with E-state index in [1.165, 1.54) is 0 Å². The Labute approximate surface area is 156 Å². The van der Waals surface area contributed by atoms with E-state index in [1.54, 1.807) is 12.0 Å². The van der Waals surface area contributed by atoms with Crippen LogP contribution in [0.1, 0.15) is 33.1 Å². The quantitative estimate of drug-likeness (QED) is 0.667. The minimum Gasteiger partial charge on any atom is -0.495 e. The molecule has 0 aromatic heterocycles. The third-order valence-corrected chi connectivity index (χ3v) is 4.70. The second-order valence-electron chi connectivity index (χ2n) is 6.60. The summed E-state index contributed by atoms with van der Waals surface area (Å²) >= 11 is 0. The van der Waals surface area contributed by atoms with Gasteiger partial charge in [-0.25, -0.2) is 0 Å². The Balaban J connectivity index is 1.88. The number of amides is 2. The van der Waals surface area contributed by atoms with Crippen molar-refractivity contribution in [3.05, 3.63) is 24.3 Å². The highest BCUT2D eigenvalue weighted by atomic mass is 16.5. The Hall–Kier alpha value is -2.24. The molecule has 1 aromatic rings. The summed E-state index contributed by atoms with van der Waals surface area (Å²) < 4.78 is 5.43. The summed E-state index contributed by atoms with van der Waals surface area (Å²) in [6, 6.07) is 7.92. The molecule has 1 heterocycles. The fraction of sp³-hybridized carbons (Fsp3) is 0.600. The molecule has 0 atom stereocenters. The van der Waals surface area contributed by atoms with Gasteiger partial charge in [0.25, 0.3) is 0 Å². The van der Waals surface area contributed by atoms with Crippen LogP contribution in [0.5, 0.6) is 5.75 Å². The zero-order valence-electron chi connectivity index (χ0n) is 16.2. The van der Waals surface area contributed by atoms with E-state index in [0.717, 1.165) is 50.5 Å². The molecule has 0 saturated carbocycles. The molecular weight excluding hydrogens is 330 g/mol. The van der Waals surface area contributed by atoms with Gasteiger partial charge in [0, 0.05) is 39.3 Å². The molecule has 26 heavy (non-hydrogen) atoms. The molecule has 0 N–H and O–H groups in total. The first-order valence-corrected chi connectivity index (χ1v) is 9.54. The predicted octanol–water partition coefficient (Wildman–Crippen LogP) is 2.38. The first kappa shape index (κ1) is 20.1. The molecule has 0 aliphatic carbocycles. The number of carbonyl (C=O) groups is 2. The number of para-hydroxylation sites is 2. The number of piperazine rings is 1. The van der Waals surface area contributed by atoms with Gasteiger partial charge in [-0.15, -0.1) is 0 Å². The molecule has 6 nitrogen and oxygen atoms in total. The molecule has 2 rings (SSSR count). The summed E-state index contributed by atoms with van der Waals surface area (Å²) in [5, 5.41) is 0. The van der Waals surface area contributed by atoms with Crippen LogP contribution < -0.4 is 9.64 Å². The number of hydrogen-bond donors (Lipinski definition) is 0. The number of nitrogens with zero attached hydrogens (tertiary/aromatic N) is 3. The summed E-state index contributed by atoms with van der Waals surface area (Å²) in [6.07, 6.45) is 1.81. The first-order chi connectivity index (χ1) is 12.6. The number of anilines is 1. The van der Waals surface area contributed by atoms with Crippen LogP contribution in [0, 0.1) is 0 Å². The molecule has 1 aliphatic heterocycles. The van der Waals surface area contributed by atoms with Crippen LogP contribution in [0.4, 0.5) is 5.69 Å². The van der Waals surface area contributed by atoms with E-state index in [1.807, 2.05) is 29.2 Å². The van der Waals surface area contributed by atoms with Crippen molar-refractivity contribution in [2.75, 3.05) is 51.3 Å². The molecule has 1 aromatic carbocycles. The minimum absolute atomic E-state index is 0.0192. The van der Waals surface area contributed by atoms with Gasteiger partial charge in [-0.3, -0.25) is 9.59 Å². The highest BCUT2D eigenvalue weighted by molar-refractivity contribution is 5.97. The third-order valence-electron chi connectivity index (χ3n) is 4.70. The van der Waals surface area contributed by atoms with E-state index in [0.29, 0.717) is 13.1 Å². The second kappa shape index (κ2) is 10.0. The van der Waals surface area contributed by atoms with Crippen LogP contribution in [-0.4, -0.2) is 68.0 Å². The highest BCUT2D eigenvalue weighted by Gasteiger charge is 2.25. The maximum Gasteiger partial charge on any atom is 0.232 e. The lowest BCUT2D eigenvalue weighted by atomic mass is 10.2. The van der Waals surface area contributed by atoms with E-state index in [9.17, 15) is 9.59 Å². The molecular formula is C20H31N3O3. The number of methoxy groups -OCH3 is 1. The Kier molecular flexibility index (Phi) is 7.75. The van der Waals surface area contributed by atoms with E-state index < -0.39 is 0 Å². The van der Waals surface area contributed by atoms with Gasteiger partial charge in [0.05, 0.1) is 12.8 Å². The summed E-state index contributed by atoms with van der Waals surface area (Å²) in [5.41, 5.74) is 1.05. The molecule has 0 bridgehead atoms. The molecule has 2 amide bonds. The minimum atomic E-state index is -0.0631. The molecule has 144 valence electrons. The van der Waals surface area contributed by atoms with E-state index >= 15 is 0 Å². The zero-order chi connectivity index (χ0) is 18.9. The van der Waals surface area contributed by atoms with Gasteiger partial charge in [-0.1, -0.05) is 26.0 Å². The standard InChI is InChI=1S/C20H31N3O3/c1-4-10-22(11-5-2)19(24)16-20(25)23-14-12-21(13-15-23)17-8-6-7-9-18(17)26-3/h6-9H,4-5,10-16H2,1-3H3. The van der Waals surface area contributed by atoms with Crippen LogP contribution in [0.15, 0.2) is 24.3 Å². The number of benzene rings is 1. The Morgan fingerprint density at radius 3 is 2.23 bits per heavy atom. The monoisotopic (exact) mass is 361 g/mol. The average Bonchev–Trinajstić information content (AvgIpc) is 2.67. The largest absolute Gasteiger partial charge is 0.495 e. The van der Waals surface area contributed by atoms with Gasteiger partial charge in [0.15, 0.2) is 0 Å². The van der Waals surface area contributed by atoms with Crippen LogP contribution in [0.25, 0.3) is 0 Å². The third kappa shape index (κ3) is 5.13. The second-order valence-corrected chi connectivity index (χ2v) is 6.60.